The molecule has 0 spiro atoms. The Morgan fingerprint density at radius 2 is 2.00 bits per heavy atom. The lowest BCUT2D eigenvalue weighted by atomic mass is 9.94. The van der Waals surface area contributed by atoms with Gasteiger partial charge in [0.1, 0.15) is 6.61 Å². The molecule has 3 atom stereocenters. The van der Waals surface area contributed by atoms with Crippen LogP contribution in [0.3, 0.4) is 0 Å². The van der Waals surface area contributed by atoms with E-state index in [1.165, 1.54) is 0 Å². The smallest absolute Gasteiger partial charge is 0.410 e. The fourth-order valence-electron chi connectivity index (χ4n) is 3.68. The molecule has 0 aromatic heterocycles. The van der Waals surface area contributed by atoms with Crippen LogP contribution in [0.5, 0.6) is 0 Å². The van der Waals surface area contributed by atoms with Crippen LogP contribution in [0.2, 0.25) is 0 Å². The first-order chi connectivity index (χ1) is 10.3. The largest absolute Gasteiger partial charge is 0.445 e. The monoisotopic (exact) mass is 289 g/mol. The number of hydrogen-bond donors (Lipinski definition) is 1. The standard InChI is InChI=1S/C17H23NO3/c19-16-10-4-8-14(16)15-9-5-11-18(15)17(20)21-12-13-6-2-1-3-7-13/h1-3,6-7,14-16,19H,4-5,8-12H2. The number of carbonyl (C=O) groups is 1. The van der Waals surface area contributed by atoms with E-state index in [-0.39, 0.29) is 24.2 Å². The van der Waals surface area contributed by atoms with E-state index >= 15 is 0 Å². The Balaban J connectivity index is 1.58. The third-order valence-electron chi connectivity index (χ3n) is 4.76. The molecule has 1 saturated carbocycles. The van der Waals surface area contributed by atoms with Crippen molar-refractivity contribution < 1.29 is 14.6 Å². The summed E-state index contributed by atoms with van der Waals surface area (Å²) in [5, 5.41) is 10.1. The second kappa shape index (κ2) is 6.48. The summed E-state index contributed by atoms with van der Waals surface area (Å²) < 4.78 is 5.44. The van der Waals surface area contributed by atoms with Crippen LogP contribution in [0.4, 0.5) is 4.79 Å². The Kier molecular flexibility index (Phi) is 4.44. The molecule has 1 aliphatic carbocycles. The summed E-state index contributed by atoms with van der Waals surface area (Å²) in [4.78, 5) is 14.1. The number of aliphatic hydroxyl groups excluding tert-OH is 1. The van der Waals surface area contributed by atoms with Crippen molar-refractivity contribution in [3.05, 3.63) is 35.9 Å². The van der Waals surface area contributed by atoms with Gasteiger partial charge in [0.15, 0.2) is 0 Å². The molecular formula is C17H23NO3. The van der Waals surface area contributed by atoms with Gasteiger partial charge in [-0.05, 0) is 31.2 Å². The molecule has 1 aromatic rings. The highest BCUT2D eigenvalue weighted by Gasteiger charge is 2.40. The van der Waals surface area contributed by atoms with Crippen LogP contribution >= 0.6 is 0 Å². The molecule has 1 amide bonds. The first kappa shape index (κ1) is 14.4. The summed E-state index contributed by atoms with van der Waals surface area (Å²) in [6, 6.07) is 9.90. The second-order valence-corrected chi connectivity index (χ2v) is 6.11. The van der Waals surface area contributed by atoms with Crippen LogP contribution in [-0.2, 0) is 11.3 Å². The summed E-state index contributed by atoms with van der Waals surface area (Å²) in [7, 11) is 0. The van der Waals surface area contributed by atoms with Gasteiger partial charge in [0.05, 0.1) is 6.10 Å². The molecule has 0 radical (unpaired) electrons. The van der Waals surface area contributed by atoms with Crippen molar-refractivity contribution in [2.24, 2.45) is 5.92 Å². The van der Waals surface area contributed by atoms with Gasteiger partial charge in [-0.1, -0.05) is 36.8 Å². The van der Waals surface area contributed by atoms with Gasteiger partial charge in [-0.2, -0.15) is 0 Å². The Morgan fingerprint density at radius 1 is 1.19 bits per heavy atom. The van der Waals surface area contributed by atoms with Crippen LogP contribution in [0.15, 0.2) is 30.3 Å². The van der Waals surface area contributed by atoms with E-state index in [9.17, 15) is 9.90 Å². The van der Waals surface area contributed by atoms with Gasteiger partial charge in [0.25, 0.3) is 0 Å². The van der Waals surface area contributed by atoms with E-state index in [4.69, 9.17) is 4.74 Å². The lowest BCUT2D eigenvalue weighted by Gasteiger charge is -2.30. The second-order valence-electron chi connectivity index (χ2n) is 6.11. The van der Waals surface area contributed by atoms with Gasteiger partial charge in [0, 0.05) is 18.5 Å². The molecule has 0 bridgehead atoms. The van der Waals surface area contributed by atoms with Crippen molar-refractivity contribution in [2.45, 2.75) is 50.9 Å². The van der Waals surface area contributed by atoms with E-state index in [0.29, 0.717) is 6.61 Å². The maximum atomic E-state index is 12.3. The normalized spacial score (nSPS) is 28.8. The Hall–Kier alpha value is -1.55. The summed E-state index contributed by atoms with van der Waals surface area (Å²) in [5.41, 5.74) is 1.00. The van der Waals surface area contributed by atoms with Gasteiger partial charge in [-0.25, -0.2) is 4.79 Å². The minimum Gasteiger partial charge on any atom is -0.445 e. The summed E-state index contributed by atoms with van der Waals surface area (Å²) in [5.74, 6) is 0.233. The number of nitrogens with zero attached hydrogens (tertiary/aromatic N) is 1. The minimum atomic E-state index is -0.252. The summed E-state index contributed by atoms with van der Waals surface area (Å²) in [6.45, 7) is 1.07. The van der Waals surface area contributed by atoms with Crippen LogP contribution in [0, 0.1) is 5.92 Å². The fraction of sp³-hybridized carbons (Fsp3) is 0.588. The van der Waals surface area contributed by atoms with Gasteiger partial charge >= 0.3 is 6.09 Å². The van der Waals surface area contributed by atoms with E-state index in [1.807, 2.05) is 35.2 Å². The molecule has 4 nitrogen and oxygen atoms in total. The zero-order chi connectivity index (χ0) is 14.7. The third-order valence-corrected chi connectivity index (χ3v) is 4.76. The number of carbonyl (C=O) groups excluding carboxylic acids is 1. The zero-order valence-electron chi connectivity index (χ0n) is 12.3. The molecule has 1 aliphatic heterocycles. The summed E-state index contributed by atoms with van der Waals surface area (Å²) >= 11 is 0. The van der Waals surface area contributed by atoms with Crippen molar-refractivity contribution in [3.8, 4) is 0 Å². The Bertz CT molecular complexity index is 476. The highest BCUT2D eigenvalue weighted by Crippen LogP contribution is 2.36. The van der Waals surface area contributed by atoms with Crippen molar-refractivity contribution >= 4 is 6.09 Å². The molecule has 1 N–H and O–H groups in total. The number of ether oxygens (including phenoxy) is 1. The molecule has 4 heteroatoms. The SMILES string of the molecule is O=C(OCc1ccccc1)N1CCCC1C1CCCC1O. The van der Waals surface area contributed by atoms with Crippen molar-refractivity contribution in [2.75, 3.05) is 6.54 Å². The van der Waals surface area contributed by atoms with Crippen LogP contribution in [-0.4, -0.2) is 34.8 Å². The van der Waals surface area contributed by atoms with Gasteiger partial charge in [0.2, 0.25) is 0 Å². The Labute approximate surface area is 125 Å². The highest BCUT2D eigenvalue weighted by atomic mass is 16.6. The minimum absolute atomic E-state index is 0.158. The predicted molar refractivity (Wildman–Crippen MR) is 79.7 cm³/mol. The van der Waals surface area contributed by atoms with Crippen molar-refractivity contribution in [3.63, 3.8) is 0 Å². The van der Waals surface area contributed by atoms with Crippen LogP contribution in [0.1, 0.15) is 37.7 Å². The van der Waals surface area contributed by atoms with E-state index in [1.54, 1.807) is 0 Å². The van der Waals surface area contributed by atoms with Crippen molar-refractivity contribution in [1.82, 2.24) is 4.90 Å². The van der Waals surface area contributed by atoms with Crippen LogP contribution in [0.25, 0.3) is 0 Å². The van der Waals surface area contributed by atoms with E-state index in [0.717, 1.165) is 44.2 Å². The predicted octanol–water partition coefficient (Wildman–Crippen LogP) is 2.95. The number of hydrogen-bond acceptors (Lipinski definition) is 3. The summed E-state index contributed by atoms with van der Waals surface area (Å²) in [6.07, 6.45) is 4.46. The number of aliphatic hydroxyl groups is 1. The number of rotatable bonds is 3. The first-order valence-corrected chi connectivity index (χ1v) is 7.91. The van der Waals surface area contributed by atoms with Crippen LogP contribution < -0.4 is 0 Å². The number of benzene rings is 1. The molecule has 3 unspecified atom stereocenters. The van der Waals surface area contributed by atoms with Gasteiger partial charge in [-0.15, -0.1) is 0 Å². The Morgan fingerprint density at radius 3 is 2.71 bits per heavy atom. The molecule has 1 heterocycles. The van der Waals surface area contributed by atoms with Gasteiger partial charge < -0.3 is 14.7 Å². The molecule has 1 aromatic carbocycles. The van der Waals surface area contributed by atoms with Crippen molar-refractivity contribution in [1.29, 1.82) is 0 Å². The molecule has 3 rings (SSSR count). The zero-order valence-corrected chi connectivity index (χ0v) is 12.3. The van der Waals surface area contributed by atoms with Gasteiger partial charge in [-0.3, -0.25) is 0 Å². The molecule has 114 valence electrons. The molecule has 1 saturated heterocycles. The quantitative estimate of drug-likeness (QED) is 0.930. The lowest BCUT2D eigenvalue weighted by molar-refractivity contribution is 0.0533. The van der Waals surface area contributed by atoms with E-state index < -0.39 is 0 Å². The molecular weight excluding hydrogens is 266 g/mol. The highest BCUT2D eigenvalue weighted by molar-refractivity contribution is 5.68. The lowest BCUT2D eigenvalue weighted by Crippen LogP contribution is -2.42. The molecule has 2 aliphatic rings. The average molecular weight is 289 g/mol. The average Bonchev–Trinajstić information content (AvgIpc) is 3.14. The molecule has 21 heavy (non-hydrogen) atoms. The maximum absolute atomic E-state index is 12.3. The topological polar surface area (TPSA) is 49.8 Å². The number of likely N-dealkylation sites (tertiary alicyclic amines) is 1. The first-order valence-electron chi connectivity index (χ1n) is 7.91. The fourth-order valence-corrected chi connectivity index (χ4v) is 3.68. The molecule has 2 fully saturated rings. The van der Waals surface area contributed by atoms with E-state index in [2.05, 4.69) is 0 Å². The number of amides is 1. The maximum Gasteiger partial charge on any atom is 0.410 e. The third kappa shape index (κ3) is 3.21.